The number of nitrogens with one attached hydrogen (secondary N) is 1. The molecule has 0 spiro atoms. The van der Waals surface area contributed by atoms with E-state index in [1.807, 2.05) is 6.92 Å². The predicted molar refractivity (Wildman–Crippen MR) is 61.8 cm³/mol. The molecule has 2 nitrogen and oxygen atoms in total. The maximum absolute atomic E-state index is 8.92. The molecule has 76 valence electrons. The highest BCUT2D eigenvalue weighted by Crippen LogP contribution is 2.25. The Morgan fingerprint density at radius 3 is 2.67 bits per heavy atom. The Bertz CT molecular complexity index is 541. The topological polar surface area (TPSA) is 39.6 Å². The number of rotatable bonds is 1. The molecule has 0 atom stereocenters. The number of fused-ring (bicyclic) bond motifs is 1. The van der Waals surface area contributed by atoms with Crippen molar-refractivity contribution in [1.82, 2.24) is 4.98 Å². The van der Waals surface area contributed by atoms with Crippen LogP contribution in [0.2, 0.25) is 0 Å². The van der Waals surface area contributed by atoms with E-state index in [1.54, 1.807) is 0 Å². The molecule has 1 aromatic heterocycles. The van der Waals surface area contributed by atoms with Gasteiger partial charge in [-0.2, -0.15) is 5.26 Å². The minimum absolute atomic E-state index is 0.522. The third kappa shape index (κ3) is 1.50. The minimum Gasteiger partial charge on any atom is -0.346 e. The molecule has 1 heterocycles. The molecule has 1 N–H and O–H groups in total. The Hall–Kier alpha value is -1.75. The van der Waals surface area contributed by atoms with Gasteiger partial charge in [0.2, 0.25) is 0 Å². The van der Waals surface area contributed by atoms with Gasteiger partial charge in [0.05, 0.1) is 0 Å². The third-order valence-electron chi connectivity index (χ3n) is 2.86. The van der Waals surface area contributed by atoms with Gasteiger partial charge in [-0.25, -0.2) is 0 Å². The number of aryl methyl sites for hydroxylation is 1. The molecule has 0 aliphatic carbocycles. The van der Waals surface area contributed by atoms with Crippen molar-refractivity contribution in [2.24, 2.45) is 0 Å². The van der Waals surface area contributed by atoms with Crippen LogP contribution in [0, 0.1) is 18.3 Å². The van der Waals surface area contributed by atoms with Crippen molar-refractivity contribution >= 4 is 10.9 Å². The van der Waals surface area contributed by atoms with E-state index in [9.17, 15) is 0 Å². The van der Waals surface area contributed by atoms with E-state index >= 15 is 0 Å². The summed E-state index contributed by atoms with van der Waals surface area (Å²) in [4.78, 5) is 3.12. The fourth-order valence-corrected chi connectivity index (χ4v) is 1.82. The first-order chi connectivity index (χ1) is 7.13. The summed E-state index contributed by atoms with van der Waals surface area (Å²) >= 11 is 0. The lowest BCUT2D eigenvalue weighted by molar-refractivity contribution is 0.868. The van der Waals surface area contributed by atoms with E-state index < -0.39 is 0 Å². The fourth-order valence-electron chi connectivity index (χ4n) is 1.82. The zero-order chi connectivity index (χ0) is 11.0. The molecule has 0 saturated heterocycles. The molecule has 0 bridgehead atoms. The molecular weight excluding hydrogens is 184 g/mol. The predicted octanol–water partition coefficient (Wildman–Crippen LogP) is 3.47. The molecule has 2 aromatic rings. The molecule has 0 radical (unpaired) electrons. The van der Waals surface area contributed by atoms with Crippen LogP contribution in [-0.2, 0) is 0 Å². The zero-order valence-corrected chi connectivity index (χ0v) is 9.26. The molecule has 0 saturated carbocycles. The molecule has 2 rings (SSSR count). The summed E-state index contributed by atoms with van der Waals surface area (Å²) in [7, 11) is 0. The van der Waals surface area contributed by atoms with Crippen molar-refractivity contribution in [2.45, 2.75) is 26.7 Å². The van der Waals surface area contributed by atoms with Crippen molar-refractivity contribution in [2.75, 3.05) is 0 Å². The number of hydrogen-bond donors (Lipinski definition) is 1. The summed E-state index contributed by atoms with van der Waals surface area (Å²) in [6.07, 6.45) is 0. The van der Waals surface area contributed by atoms with Crippen molar-refractivity contribution < 1.29 is 0 Å². The van der Waals surface area contributed by atoms with Crippen molar-refractivity contribution in [1.29, 1.82) is 5.26 Å². The lowest BCUT2D eigenvalue weighted by Gasteiger charge is -2.04. The Morgan fingerprint density at radius 2 is 2.07 bits per heavy atom. The largest absolute Gasteiger partial charge is 0.346 e. The van der Waals surface area contributed by atoms with Crippen molar-refractivity contribution in [3.63, 3.8) is 0 Å². The second-order valence-corrected chi connectivity index (χ2v) is 4.20. The number of H-pyrrole nitrogens is 1. The number of benzene rings is 1. The molecule has 2 heteroatoms. The third-order valence-corrected chi connectivity index (χ3v) is 2.86. The van der Waals surface area contributed by atoms with Gasteiger partial charge in [0.15, 0.2) is 0 Å². The van der Waals surface area contributed by atoms with Crippen LogP contribution in [0.1, 0.15) is 36.6 Å². The van der Waals surface area contributed by atoms with Crippen LogP contribution >= 0.6 is 0 Å². The molecule has 0 unspecified atom stereocenters. The number of aromatic nitrogens is 1. The number of hydrogen-bond acceptors (Lipinski definition) is 1. The van der Waals surface area contributed by atoms with E-state index in [4.69, 9.17) is 5.26 Å². The first-order valence-corrected chi connectivity index (χ1v) is 5.16. The summed E-state index contributed by atoms with van der Waals surface area (Å²) in [6.45, 7) is 6.34. The Kier molecular flexibility index (Phi) is 2.24. The van der Waals surface area contributed by atoms with Crippen LogP contribution in [0.4, 0.5) is 0 Å². The number of nitriles is 1. The number of aromatic amines is 1. The summed E-state index contributed by atoms with van der Waals surface area (Å²) < 4.78 is 0. The molecule has 0 aliphatic heterocycles. The Labute approximate surface area is 89.5 Å². The van der Waals surface area contributed by atoms with E-state index in [0.717, 1.165) is 16.5 Å². The summed E-state index contributed by atoms with van der Waals surface area (Å²) in [6, 6.07) is 8.52. The maximum Gasteiger partial charge on any atom is 0.121 e. The SMILES string of the molecule is Cc1c(C#N)[nH]c2ccc(C(C)C)cc12. The summed E-state index contributed by atoms with van der Waals surface area (Å²) in [5.41, 5.74) is 4.09. The van der Waals surface area contributed by atoms with Gasteiger partial charge in [-0.15, -0.1) is 0 Å². The first kappa shape index (κ1) is 9.79. The summed E-state index contributed by atoms with van der Waals surface area (Å²) in [5, 5.41) is 10.1. The van der Waals surface area contributed by atoms with Gasteiger partial charge >= 0.3 is 0 Å². The molecule has 15 heavy (non-hydrogen) atoms. The molecule has 0 aliphatic rings. The molecule has 0 fully saturated rings. The monoisotopic (exact) mass is 198 g/mol. The van der Waals surface area contributed by atoms with Gasteiger partial charge in [0.25, 0.3) is 0 Å². The van der Waals surface area contributed by atoms with E-state index in [0.29, 0.717) is 11.6 Å². The van der Waals surface area contributed by atoms with Crippen LogP contribution in [0.3, 0.4) is 0 Å². The molecule has 1 aromatic carbocycles. The normalized spacial score (nSPS) is 10.9. The highest BCUT2D eigenvalue weighted by atomic mass is 14.7. The second-order valence-electron chi connectivity index (χ2n) is 4.20. The average Bonchev–Trinajstić information content (AvgIpc) is 2.55. The van der Waals surface area contributed by atoms with E-state index in [-0.39, 0.29) is 0 Å². The molecular formula is C13H14N2. The van der Waals surface area contributed by atoms with Crippen LogP contribution < -0.4 is 0 Å². The van der Waals surface area contributed by atoms with Crippen LogP contribution in [-0.4, -0.2) is 4.98 Å². The van der Waals surface area contributed by atoms with Gasteiger partial charge < -0.3 is 4.98 Å². The highest BCUT2D eigenvalue weighted by molar-refractivity contribution is 5.86. The number of nitrogens with zero attached hydrogens (tertiary/aromatic N) is 1. The summed E-state index contributed by atoms with van der Waals surface area (Å²) in [5.74, 6) is 0.522. The van der Waals surface area contributed by atoms with Crippen LogP contribution in [0.25, 0.3) is 10.9 Å². The van der Waals surface area contributed by atoms with Crippen LogP contribution in [0.5, 0.6) is 0 Å². The highest BCUT2D eigenvalue weighted by Gasteiger charge is 2.08. The average molecular weight is 198 g/mol. The maximum atomic E-state index is 8.92. The lowest BCUT2D eigenvalue weighted by Crippen LogP contribution is -1.85. The van der Waals surface area contributed by atoms with Crippen molar-refractivity contribution in [3.05, 3.63) is 35.0 Å². The minimum atomic E-state index is 0.522. The van der Waals surface area contributed by atoms with E-state index in [1.165, 1.54) is 5.56 Å². The lowest BCUT2D eigenvalue weighted by atomic mass is 10.0. The smallest absolute Gasteiger partial charge is 0.121 e. The zero-order valence-electron chi connectivity index (χ0n) is 9.26. The molecule has 0 amide bonds. The fraction of sp³-hybridized carbons (Fsp3) is 0.308. The van der Waals surface area contributed by atoms with Gasteiger partial charge in [-0.1, -0.05) is 19.9 Å². The first-order valence-electron chi connectivity index (χ1n) is 5.16. The van der Waals surface area contributed by atoms with Gasteiger partial charge in [-0.05, 0) is 36.1 Å². The van der Waals surface area contributed by atoms with E-state index in [2.05, 4.69) is 43.1 Å². The van der Waals surface area contributed by atoms with Gasteiger partial charge in [0, 0.05) is 10.9 Å². The Balaban J connectivity index is 2.71. The standard InChI is InChI=1S/C13H14N2/c1-8(2)10-4-5-12-11(6-10)9(3)13(7-14)15-12/h4-6,8,15H,1-3H3. The van der Waals surface area contributed by atoms with Crippen molar-refractivity contribution in [3.8, 4) is 6.07 Å². The van der Waals surface area contributed by atoms with Crippen LogP contribution in [0.15, 0.2) is 18.2 Å². The van der Waals surface area contributed by atoms with Gasteiger partial charge in [0.1, 0.15) is 11.8 Å². The quantitative estimate of drug-likeness (QED) is 0.748. The Morgan fingerprint density at radius 1 is 1.33 bits per heavy atom. The van der Waals surface area contributed by atoms with Gasteiger partial charge in [-0.3, -0.25) is 0 Å². The second kappa shape index (κ2) is 3.43.